The Morgan fingerprint density at radius 1 is 1.05 bits per heavy atom. The fourth-order valence-electron chi connectivity index (χ4n) is 2.19. The summed E-state index contributed by atoms with van der Waals surface area (Å²) >= 11 is 7.13. The van der Waals surface area contributed by atoms with Gasteiger partial charge in [0.05, 0.1) is 6.04 Å². The summed E-state index contributed by atoms with van der Waals surface area (Å²) in [6.45, 7) is 5.22. The molecule has 2 rings (SSSR count). The Morgan fingerprint density at radius 3 is 2.35 bits per heavy atom. The SMILES string of the molecule is CCCNC(c1cncc(C)c1)c1cc(Br)cc(Br)c1. The zero-order valence-corrected chi connectivity index (χ0v) is 14.8. The largest absolute Gasteiger partial charge is 0.306 e. The van der Waals surface area contributed by atoms with Crippen LogP contribution in [-0.2, 0) is 0 Å². The van der Waals surface area contributed by atoms with Crippen molar-refractivity contribution in [2.45, 2.75) is 26.3 Å². The van der Waals surface area contributed by atoms with Gasteiger partial charge in [-0.25, -0.2) is 0 Å². The maximum absolute atomic E-state index is 4.32. The Bertz CT molecular complexity index is 564. The molecule has 1 heterocycles. The molecule has 1 unspecified atom stereocenters. The highest BCUT2D eigenvalue weighted by Crippen LogP contribution is 2.28. The van der Waals surface area contributed by atoms with Crippen molar-refractivity contribution in [1.82, 2.24) is 10.3 Å². The van der Waals surface area contributed by atoms with Crippen molar-refractivity contribution in [3.05, 3.63) is 62.3 Å². The van der Waals surface area contributed by atoms with Gasteiger partial charge in [0.15, 0.2) is 0 Å². The Morgan fingerprint density at radius 2 is 1.75 bits per heavy atom. The molecule has 1 N–H and O–H groups in total. The molecule has 0 aliphatic carbocycles. The summed E-state index contributed by atoms with van der Waals surface area (Å²) in [5.74, 6) is 0. The van der Waals surface area contributed by atoms with E-state index < -0.39 is 0 Å². The van der Waals surface area contributed by atoms with Crippen LogP contribution in [0.2, 0.25) is 0 Å². The van der Waals surface area contributed by atoms with Gasteiger partial charge in [-0.05, 0) is 54.8 Å². The maximum Gasteiger partial charge on any atom is 0.0592 e. The van der Waals surface area contributed by atoms with Gasteiger partial charge < -0.3 is 5.32 Å². The van der Waals surface area contributed by atoms with Crippen LogP contribution < -0.4 is 5.32 Å². The maximum atomic E-state index is 4.32. The van der Waals surface area contributed by atoms with Crippen molar-refractivity contribution in [2.24, 2.45) is 0 Å². The lowest BCUT2D eigenvalue weighted by Crippen LogP contribution is -2.23. The summed E-state index contributed by atoms with van der Waals surface area (Å²) in [5, 5.41) is 3.60. The third kappa shape index (κ3) is 4.14. The summed E-state index contributed by atoms with van der Waals surface area (Å²) < 4.78 is 2.15. The van der Waals surface area contributed by atoms with Gasteiger partial charge in [0.1, 0.15) is 0 Å². The number of hydrogen-bond donors (Lipinski definition) is 1. The highest BCUT2D eigenvalue weighted by molar-refractivity contribution is 9.11. The quantitative estimate of drug-likeness (QED) is 0.767. The number of rotatable bonds is 5. The fraction of sp³-hybridized carbons (Fsp3) is 0.312. The summed E-state index contributed by atoms with van der Waals surface area (Å²) in [4.78, 5) is 4.32. The molecule has 1 aromatic carbocycles. The third-order valence-electron chi connectivity index (χ3n) is 3.05. The molecule has 0 bridgehead atoms. The van der Waals surface area contributed by atoms with Crippen molar-refractivity contribution < 1.29 is 0 Å². The zero-order valence-electron chi connectivity index (χ0n) is 11.7. The molecule has 2 aromatic rings. The van der Waals surface area contributed by atoms with Crippen LogP contribution in [0.1, 0.15) is 36.1 Å². The molecule has 4 heteroatoms. The minimum Gasteiger partial charge on any atom is -0.306 e. The molecule has 0 saturated carbocycles. The van der Waals surface area contributed by atoms with E-state index in [-0.39, 0.29) is 6.04 Å². The molecule has 1 aromatic heterocycles. The Labute approximate surface area is 137 Å². The molecule has 2 nitrogen and oxygen atoms in total. The topological polar surface area (TPSA) is 24.9 Å². The van der Waals surface area contributed by atoms with Gasteiger partial charge in [-0.2, -0.15) is 0 Å². The molecule has 0 aliphatic heterocycles. The molecule has 0 saturated heterocycles. The summed E-state index contributed by atoms with van der Waals surface area (Å²) in [7, 11) is 0. The van der Waals surface area contributed by atoms with Crippen LogP contribution in [0.4, 0.5) is 0 Å². The fourth-order valence-corrected chi connectivity index (χ4v) is 3.52. The molecule has 0 fully saturated rings. The Balaban J connectivity index is 2.41. The first-order valence-electron chi connectivity index (χ1n) is 6.71. The van der Waals surface area contributed by atoms with Gasteiger partial charge in [0.2, 0.25) is 0 Å². The predicted molar refractivity (Wildman–Crippen MR) is 91.0 cm³/mol. The van der Waals surface area contributed by atoms with E-state index in [1.165, 1.54) is 16.7 Å². The van der Waals surface area contributed by atoms with Crippen LogP contribution in [0.15, 0.2) is 45.6 Å². The first-order chi connectivity index (χ1) is 9.60. The molecular formula is C16H18Br2N2. The average molecular weight is 398 g/mol. The van der Waals surface area contributed by atoms with Crippen LogP contribution in [0.5, 0.6) is 0 Å². The van der Waals surface area contributed by atoms with Crippen LogP contribution in [0, 0.1) is 6.92 Å². The molecule has 0 radical (unpaired) electrons. The predicted octanol–water partition coefficient (Wildman–Crippen LogP) is 5.00. The first-order valence-corrected chi connectivity index (χ1v) is 8.29. The lowest BCUT2D eigenvalue weighted by molar-refractivity contribution is 0.596. The molecular weight excluding hydrogens is 380 g/mol. The van der Waals surface area contributed by atoms with Gasteiger partial charge in [0, 0.05) is 21.3 Å². The van der Waals surface area contributed by atoms with Gasteiger partial charge in [-0.1, -0.05) is 44.8 Å². The van der Waals surface area contributed by atoms with Crippen LogP contribution in [0.25, 0.3) is 0 Å². The molecule has 106 valence electrons. The molecule has 20 heavy (non-hydrogen) atoms. The minimum absolute atomic E-state index is 0.163. The second kappa shape index (κ2) is 7.34. The highest BCUT2D eigenvalue weighted by atomic mass is 79.9. The Hall–Kier alpha value is -0.710. The number of nitrogens with one attached hydrogen (secondary N) is 1. The number of hydrogen-bond acceptors (Lipinski definition) is 2. The van der Waals surface area contributed by atoms with Crippen molar-refractivity contribution in [3.63, 3.8) is 0 Å². The lowest BCUT2D eigenvalue weighted by Gasteiger charge is -2.20. The summed E-state index contributed by atoms with van der Waals surface area (Å²) in [6.07, 6.45) is 4.93. The normalized spacial score (nSPS) is 12.4. The number of aromatic nitrogens is 1. The average Bonchev–Trinajstić information content (AvgIpc) is 2.38. The van der Waals surface area contributed by atoms with Crippen LogP contribution in [0.3, 0.4) is 0 Å². The molecule has 0 aliphatic rings. The van der Waals surface area contributed by atoms with E-state index in [0.29, 0.717) is 0 Å². The minimum atomic E-state index is 0.163. The number of aryl methyl sites for hydroxylation is 1. The summed E-state index contributed by atoms with van der Waals surface area (Å²) in [6, 6.07) is 8.71. The Kier molecular flexibility index (Phi) is 5.75. The number of halogens is 2. The second-order valence-electron chi connectivity index (χ2n) is 4.89. The third-order valence-corrected chi connectivity index (χ3v) is 3.96. The van der Waals surface area contributed by atoms with Gasteiger partial charge >= 0.3 is 0 Å². The number of pyridine rings is 1. The molecule has 1 atom stereocenters. The van der Waals surface area contributed by atoms with E-state index in [1.807, 2.05) is 12.4 Å². The smallest absolute Gasteiger partial charge is 0.0592 e. The van der Waals surface area contributed by atoms with E-state index in [1.54, 1.807) is 0 Å². The zero-order chi connectivity index (χ0) is 14.5. The highest BCUT2D eigenvalue weighted by Gasteiger charge is 2.15. The van der Waals surface area contributed by atoms with Crippen LogP contribution >= 0.6 is 31.9 Å². The van der Waals surface area contributed by atoms with Gasteiger partial charge in [-0.15, -0.1) is 0 Å². The molecule has 0 spiro atoms. The first kappa shape index (κ1) is 15.7. The van der Waals surface area contributed by atoms with Crippen molar-refractivity contribution in [2.75, 3.05) is 6.54 Å². The number of benzene rings is 1. The summed E-state index contributed by atoms with van der Waals surface area (Å²) in [5.41, 5.74) is 3.61. The van der Waals surface area contributed by atoms with E-state index in [0.717, 1.165) is 21.9 Å². The van der Waals surface area contributed by atoms with Gasteiger partial charge in [0.25, 0.3) is 0 Å². The van der Waals surface area contributed by atoms with E-state index in [9.17, 15) is 0 Å². The number of nitrogens with zero attached hydrogens (tertiary/aromatic N) is 1. The van der Waals surface area contributed by atoms with E-state index in [2.05, 4.69) is 80.3 Å². The van der Waals surface area contributed by atoms with Crippen LogP contribution in [-0.4, -0.2) is 11.5 Å². The second-order valence-corrected chi connectivity index (χ2v) is 6.72. The monoisotopic (exact) mass is 396 g/mol. The molecule has 0 amide bonds. The van der Waals surface area contributed by atoms with Crippen molar-refractivity contribution >= 4 is 31.9 Å². The van der Waals surface area contributed by atoms with E-state index >= 15 is 0 Å². The standard InChI is InChI=1S/C16H18Br2N2/c1-3-4-20-16(13-5-11(2)9-19-10-13)12-6-14(17)8-15(18)7-12/h5-10,16,20H,3-4H2,1-2H3. The van der Waals surface area contributed by atoms with Crippen molar-refractivity contribution in [1.29, 1.82) is 0 Å². The van der Waals surface area contributed by atoms with Crippen molar-refractivity contribution in [3.8, 4) is 0 Å². The van der Waals surface area contributed by atoms with E-state index in [4.69, 9.17) is 0 Å². The van der Waals surface area contributed by atoms with Gasteiger partial charge in [-0.3, -0.25) is 4.98 Å². The lowest BCUT2D eigenvalue weighted by atomic mass is 9.99.